The minimum Gasteiger partial charge on any atom is -0.237 e. The van der Waals surface area contributed by atoms with E-state index in [1.165, 1.54) is 10.9 Å². The molecule has 0 saturated carbocycles. The summed E-state index contributed by atoms with van der Waals surface area (Å²) in [5.41, 5.74) is 0.612. The van der Waals surface area contributed by atoms with Gasteiger partial charge in [-0.1, -0.05) is 0 Å². The number of halogens is 2. The fourth-order valence-electron chi connectivity index (χ4n) is 2.27. The number of hydrogen-bond donors (Lipinski definition) is 1. The molecule has 0 radical (unpaired) electrons. The van der Waals surface area contributed by atoms with Gasteiger partial charge in [-0.2, -0.15) is 13.9 Å². The van der Waals surface area contributed by atoms with Crippen LogP contribution in [0.4, 0.5) is 8.78 Å². The maximum Gasteiger partial charge on any atom is 0.341 e. The van der Waals surface area contributed by atoms with Crippen LogP contribution in [0.3, 0.4) is 0 Å². The monoisotopic (exact) mass is 428 g/mol. The first kappa shape index (κ1) is 20.0. The first-order valence-electron chi connectivity index (χ1n) is 7.77. The van der Waals surface area contributed by atoms with Gasteiger partial charge in [-0.3, -0.25) is 0 Å². The van der Waals surface area contributed by atoms with Crippen LogP contribution in [-0.4, -0.2) is 37.4 Å². The highest BCUT2D eigenvalue weighted by atomic mass is 32.2. The Labute approximate surface area is 159 Å². The van der Waals surface area contributed by atoms with Crippen molar-refractivity contribution in [1.29, 1.82) is 0 Å². The molecule has 0 aliphatic carbocycles. The van der Waals surface area contributed by atoms with Crippen LogP contribution >= 0.6 is 0 Å². The van der Waals surface area contributed by atoms with Gasteiger partial charge in [0, 0.05) is 25.1 Å². The standard InChI is InChI=1S/C16H14F2N4O4S2/c17-16(18)27(23,24)13-2-4-14(5-3-13)28(25,26)21-11-12-6-8-19-15(10-12)22-9-1-7-20-22/h1-10,16,21H,11H2. The molecule has 28 heavy (non-hydrogen) atoms. The van der Waals surface area contributed by atoms with E-state index >= 15 is 0 Å². The van der Waals surface area contributed by atoms with Gasteiger partial charge in [-0.15, -0.1) is 0 Å². The molecule has 1 aromatic carbocycles. The smallest absolute Gasteiger partial charge is 0.237 e. The molecule has 0 atom stereocenters. The summed E-state index contributed by atoms with van der Waals surface area (Å²) in [5, 5.41) is 4.04. The van der Waals surface area contributed by atoms with E-state index in [2.05, 4.69) is 14.8 Å². The Bertz CT molecular complexity index is 1160. The zero-order chi connectivity index (χ0) is 20.4. The van der Waals surface area contributed by atoms with E-state index < -0.39 is 30.5 Å². The Morgan fingerprint density at radius 3 is 2.29 bits per heavy atom. The zero-order valence-electron chi connectivity index (χ0n) is 14.1. The number of rotatable bonds is 7. The molecule has 0 unspecified atom stereocenters. The van der Waals surface area contributed by atoms with Crippen LogP contribution in [0.5, 0.6) is 0 Å². The molecule has 1 N–H and O–H groups in total. The van der Waals surface area contributed by atoms with Gasteiger partial charge >= 0.3 is 5.76 Å². The molecule has 2 aromatic heterocycles. The van der Waals surface area contributed by atoms with Crippen LogP contribution in [0.15, 0.2) is 70.8 Å². The SMILES string of the molecule is O=S(=O)(NCc1ccnc(-n2cccn2)c1)c1ccc(S(=O)(=O)C(F)F)cc1. The van der Waals surface area contributed by atoms with Crippen LogP contribution in [0.1, 0.15) is 5.56 Å². The predicted molar refractivity (Wildman–Crippen MR) is 95.0 cm³/mol. The van der Waals surface area contributed by atoms with Crippen LogP contribution in [0.2, 0.25) is 0 Å². The van der Waals surface area contributed by atoms with Gasteiger partial charge in [-0.25, -0.2) is 31.2 Å². The summed E-state index contributed by atoms with van der Waals surface area (Å²) in [5.74, 6) is -3.08. The zero-order valence-corrected chi connectivity index (χ0v) is 15.7. The van der Waals surface area contributed by atoms with E-state index in [-0.39, 0.29) is 11.4 Å². The Hall–Kier alpha value is -2.70. The molecule has 12 heteroatoms. The van der Waals surface area contributed by atoms with Gasteiger partial charge in [0.25, 0.3) is 0 Å². The highest BCUT2D eigenvalue weighted by molar-refractivity contribution is 7.91. The van der Waals surface area contributed by atoms with Crippen LogP contribution < -0.4 is 4.72 Å². The van der Waals surface area contributed by atoms with E-state index in [1.54, 1.807) is 30.6 Å². The summed E-state index contributed by atoms with van der Waals surface area (Å²) < 4.78 is 76.5. The maximum atomic E-state index is 12.5. The molecule has 0 aliphatic heterocycles. The fraction of sp³-hybridized carbons (Fsp3) is 0.125. The summed E-state index contributed by atoms with van der Waals surface area (Å²) in [7, 11) is -8.77. The lowest BCUT2D eigenvalue weighted by molar-refractivity contribution is 0.234. The number of pyridine rings is 1. The number of sulfone groups is 1. The highest BCUT2D eigenvalue weighted by Crippen LogP contribution is 2.20. The lowest BCUT2D eigenvalue weighted by atomic mass is 10.2. The third kappa shape index (κ3) is 4.24. The molecule has 8 nitrogen and oxygen atoms in total. The summed E-state index contributed by atoms with van der Waals surface area (Å²) in [6.07, 6.45) is 4.77. The molecule has 0 saturated heterocycles. The number of nitrogens with zero attached hydrogens (tertiary/aromatic N) is 3. The van der Waals surface area contributed by atoms with Crippen molar-refractivity contribution in [3.05, 3.63) is 66.6 Å². The van der Waals surface area contributed by atoms with Crippen molar-refractivity contribution in [2.75, 3.05) is 0 Å². The number of alkyl halides is 2. The van der Waals surface area contributed by atoms with Crippen molar-refractivity contribution in [1.82, 2.24) is 19.5 Å². The van der Waals surface area contributed by atoms with Crippen LogP contribution in [0.25, 0.3) is 5.82 Å². The minimum absolute atomic E-state index is 0.0593. The van der Waals surface area contributed by atoms with Gasteiger partial charge in [0.05, 0.1) is 9.79 Å². The van der Waals surface area contributed by atoms with Crippen molar-refractivity contribution in [2.24, 2.45) is 0 Å². The molecule has 0 spiro atoms. The van der Waals surface area contributed by atoms with Crippen molar-refractivity contribution in [3.63, 3.8) is 0 Å². The highest BCUT2D eigenvalue weighted by Gasteiger charge is 2.27. The topological polar surface area (TPSA) is 111 Å². The Morgan fingerprint density at radius 2 is 1.68 bits per heavy atom. The Balaban J connectivity index is 1.75. The lowest BCUT2D eigenvalue weighted by Crippen LogP contribution is -2.23. The van der Waals surface area contributed by atoms with Crippen molar-refractivity contribution >= 4 is 19.9 Å². The fourth-order valence-corrected chi connectivity index (χ4v) is 4.01. The van der Waals surface area contributed by atoms with Gasteiger partial charge < -0.3 is 0 Å². The summed E-state index contributed by atoms with van der Waals surface area (Å²) in [6.45, 7) is -0.0593. The second kappa shape index (κ2) is 7.73. The maximum absolute atomic E-state index is 12.5. The first-order chi connectivity index (χ1) is 13.2. The second-order valence-electron chi connectivity index (χ2n) is 5.57. The second-order valence-corrected chi connectivity index (χ2v) is 9.26. The number of hydrogen-bond acceptors (Lipinski definition) is 6. The van der Waals surface area contributed by atoms with Crippen molar-refractivity contribution in [3.8, 4) is 5.82 Å². The average molecular weight is 428 g/mol. The number of aromatic nitrogens is 3. The van der Waals surface area contributed by atoms with Crippen LogP contribution in [0, 0.1) is 0 Å². The van der Waals surface area contributed by atoms with E-state index in [9.17, 15) is 25.6 Å². The number of sulfonamides is 1. The number of nitrogens with one attached hydrogen (secondary N) is 1. The van der Waals surface area contributed by atoms with Gasteiger partial charge in [-0.05, 0) is 48.0 Å². The summed E-state index contributed by atoms with van der Waals surface area (Å²) in [6, 6.07) is 8.56. The Morgan fingerprint density at radius 1 is 1.00 bits per heavy atom. The Kier molecular flexibility index (Phi) is 5.54. The van der Waals surface area contributed by atoms with E-state index in [1.807, 2.05) is 0 Å². The lowest BCUT2D eigenvalue weighted by Gasteiger charge is -2.09. The average Bonchev–Trinajstić information content (AvgIpc) is 3.21. The van der Waals surface area contributed by atoms with Crippen molar-refractivity contribution in [2.45, 2.75) is 22.1 Å². The predicted octanol–water partition coefficient (Wildman–Crippen LogP) is 1.74. The summed E-state index contributed by atoms with van der Waals surface area (Å²) >= 11 is 0. The largest absolute Gasteiger partial charge is 0.341 e. The van der Waals surface area contributed by atoms with Crippen LogP contribution in [-0.2, 0) is 26.4 Å². The first-order valence-corrected chi connectivity index (χ1v) is 10.8. The minimum atomic E-state index is -4.78. The third-order valence-corrected chi connectivity index (χ3v) is 6.53. The molecule has 0 fully saturated rings. The summed E-state index contributed by atoms with van der Waals surface area (Å²) in [4.78, 5) is 3.24. The normalized spacial score (nSPS) is 12.4. The number of benzene rings is 1. The molecular formula is C16H14F2N4O4S2. The molecule has 148 valence electrons. The van der Waals surface area contributed by atoms with E-state index in [0.29, 0.717) is 11.4 Å². The van der Waals surface area contributed by atoms with E-state index in [0.717, 1.165) is 24.3 Å². The molecule has 0 aliphatic rings. The van der Waals surface area contributed by atoms with Gasteiger partial charge in [0.1, 0.15) is 0 Å². The third-order valence-electron chi connectivity index (χ3n) is 3.71. The molecular weight excluding hydrogens is 414 g/mol. The van der Waals surface area contributed by atoms with E-state index in [4.69, 9.17) is 0 Å². The molecule has 2 heterocycles. The molecule has 0 bridgehead atoms. The van der Waals surface area contributed by atoms with Crippen molar-refractivity contribution < 1.29 is 25.6 Å². The quantitative estimate of drug-likeness (QED) is 0.614. The molecule has 3 aromatic rings. The van der Waals surface area contributed by atoms with Gasteiger partial charge in [0.2, 0.25) is 19.9 Å². The van der Waals surface area contributed by atoms with Gasteiger partial charge in [0.15, 0.2) is 5.82 Å². The molecule has 3 rings (SSSR count). The molecule has 0 amide bonds.